The van der Waals surface area contributed by atoms with Gasteiger partial charge in [-0.15, -0.1) is 0 Å². The number of aromatic amines is 1. The van der Waals surface area contributed by atoms with E-state index in [0.29, 0.717) is 6.61 Å². The third kappa shape index (κ3) is 4.28. The average molecular weight is 485 g/mol. The van der Waals surface area contributed by atoms with Crippen LogP contribution in [0.1, 0.15) is 54.5 Å². The van der Waals surface area contributed by atoms with Crippen molar-refractivity contribution in [3.8, 4) is 11.5 Å². The number of hydrogen-bond acceptors (Lipinski definition) is 5. The Morgan fingerprint density at radius 2 is 1.94 bits per heavy atom. The lowest BCUT2D eigenvalue weighted by atomic mass is 9.86. The molecule has 0 spiro atoms. The van der Waals surface area contributed by atoms with E-state index in [1.54, 1.807) is 7.11 Å². The Balaban J connectivity index is 1.13. The van der Waals surface area contributed by atoms with Crippen molar-refractivity contribution in [2.75, 3.05) is 26.7 Å². The summed E-state index contributed by atoms with van der Waals surface area (Å²) in [5, 5.41) is 0. The van der Waals surface area contributed by atoms with E-state index in [4.69, 9.17) is 9.47 Å². The molecule has 1 fully saturated rings. The normalized spacial score (nSPS) is 18.3. The summed E-state index contributed by atoms with van der Waals surface area (Å²) in [5.74, 6) is 2.00. The molecular weight excluding hydrogens is 452 g/mol. The van der Waals surface area contributed by atoms with Crippen molar-refractivity contribution in [2.24, 2.45) is 0 Å². The monoisotopic (exact) mass is 484 g/mol. The summed E-state index contributed by atoms with van der Waals surface area (Å²) in [7, 11) is 1.71. The lowest BCUT2D eigenvalue weighted by Crippen LogP contribution is -2.37. The van der Waals surface area contributed by atoms with Crippen LogP contribution in [0.25, 0.3) is 11.0 Å². The van der Waals surface area contributed by atoms with Gasteiger partial charge in [-0.3, -0.25) is 9.55 Å². The number of H-pyrrole nitrogens is 1. The first kappa shape index (κ1) is 22.9. The second kappa shape index (κ2) is 9.82. The van der Waals surface area contributed by atoms with Gasteiger partial charge in [-0.2, -0.15) is 0 Å². The molecular formula is C29H32N4O3. The maximum atomic E-state index is 12.6. The van der Waals surface area contributed by atoms with Gasteiger partial charge in [0.25, 0.3) is 0 Å². The molecule has 1 atom stereocenters. The molecule has 1 unspecified atom stereocenters. The third-order valence-electron chi connectivity index (χ3n) is 7.77. The zero-order valence-electron chi connectivity index (χ0n) is 20.7. The van der Waals surface area contributed by atoms with Crippen molar-refractivity contribution < 1.29 is 9.47 Å². The number of methoxy groups -OCH3 is 1. The highest BCUT2D eigenvalue weighted by atomic mass is 16.5. The molecule has 0 radical (unpaired) electrons. The summed E-state index contributed by atoms with van der Waals surface area (Å²) in [6.45, 7) is 3.55. The summed E-state index contributed by atoms with van der Waals surface area (Å²) in [6, 6.07) is 18.5. The SMILES string of the molecule is COc1ccc2c(c1)C(CCCN1CCC(n3c(=O)[nH]c4ccccc43)CC1)c1cccnc1CO2. The molecule has 2 aromatic carbocycles. The lowest BCUT2D eigenvalue weighted by Gasteiger charge is -2.33. The van der Waals surface area contributed by atoms with Gasteiger partial charge >= 0.3 is 5.69 Å². The Morgan fingerprint density at radius 1 is 1.08 bits per heavy atom. The predicted octanol–water partition coefficient (Wildman–Crippen LogP) is 4.87. The van der Waals surface area contributed by atoms with Gasteiger partial charge in [-0.05, 0) is 74.2 Å². The summed E-state index contributed by atoms with van der Waals surface area (Å²) < 4.78 is 13.6. The van der Waals surface area contributed by atoms with Gasteiger partial charge in [-0.1, -0.05) is 18.2 Å². The number of para-hydroxylation sites is 2. The summed E-state index contributed by atoms with van der Waals surface area (Å²) >= 11 is 0. The Kier molecular flexibility index (Phi) is 6.23. The second-order valence-electron chi connectivity index (χ2n) is 9.82. The molecule has 0 bridgehead atoms. The van der Waals surface area contributed by atoms with E-state index in [2.05, 4.69) is 27.0 Å². The standard InChI is InChI=1S/C29H32N4O3/c1-35-21-10-11-28-24(18-21)22(23-6-4-14-30-26(23)19-36-28)7-5-15-32-16-12-20(13-17-32)33-27-9-3-2-8-25(27)31-29(33)34/h2-4,6,8-11,14,18,20,22H,5,7,12-13,15-17,19H2,1H3,(H,31,34). The molecule has 2 aromatic heterocycles. The van der Waals surface area contributed by atoms with E-state index in [9.17, 15) is 4.79 Å². The molecule has 2 aliphatic rings. The smallest absolute Gasteiger partial charge is 0.326 e. The van der Waals surface area contributed by atoms with E-state index >= 15 is 0 Å². The van der Waals surface area contributed by atoms with Crippen molar-refractivity contribution in [1.29, 1.82) is 0 Å². The van der Waals surface area contributed by atoms with Crippen LogP contribution in [-0.2, 0) is 6.61 Å². The second-order valence-corrected chi connectivity index (χ2v) is 9.82. The van der Waals surface area contributed by atoms with Crippen LogP contribution in [0.4, 0.5) is 0 Å². The summed E-state index contributed by atoms with van der Waals surface area (Å²) in [5.41, 5.74) is 5.39. The van der Waals surface area contributed by atoms with Gasteiger partial charge in [0, 0.05) is 36.8 Å². The number of aromatic nitrogens is 3. The molecule has 1 N–H and O–H groups in total. The first-order chi connectivity index (χ1) is 17.7. The zero-order valence-corrected chi connectivity index (χ0v) is 20.7. The van der Waals surface area contributed by atoms with Crippen molar-refractivity contribution in [3.63, 3.8) is 0 Å². The number of hydrogen-bond donors (Lipinski definition) is 1. The zero-order chi connectivity index (χ0) is 24.5. The third-order valence-corrected chi connectivity index (χ3v) is 7.77. The fourth-order valence-corrected chi connectivity index (χ4v) is 5.93. The van der Waals surface area contributed by atoms with Crippen molar-refractivity contribution in [2.45, 2.75) is 44.2 Å². The van der Waals surface area contributed by atoms with Crippen molar-refractivity contribution >= 4 is 11.0 Å². The highest BCUT2D eigenvalue weighted by Gasteiger charge is 2.27. The number of likely N-dealkylation sites (tertiary alicyclic amines) is 1. The maximum absolute atomic E-state index is 12.6. The first-order valence-corrected chi connectivity index (χ1v) is 12.9. The van der Waals surface area contributed by atoms with Crippen LogP contribution in [0.5, 0.6) is 11.5 Å². The summed E-state index contributed by atoms with van der Waals surface area (Å²) in [4.78, 5) is 22.8. The first-order valence-electron chi connectivity index (χ1n) is 12.9. The van der Waals surface area contributed by atoms with Crippen LogP contribution in [0.3, 0.4) is 0 Å². The number of benzene rings is 2. The van der Waals surface area contributed by atoms with Gasteiger partial charge in [0.2, 0.25) is 0 Å². The fraction of sp³-hybridized carbons (Fsp3) is 0.379. The molecule has 0 aliphatic carbocycles. The van der Waals surface area contributed by atoms with Gasteiger partial charge in [0.05, 0.1) is 23.8 Å². The quantitative estimate of drug-likeness (QED) is 0.423. The van der Waals surface area contributed by atoms with E-state index < -0.39 is 0 Å². The fourth-order valence-electron chi connectivity index (χ4n) is 5.93. The number of pyridine rings is 1. The number of rotatable bonds is 6. The van der Waals surface area contributed by atoms with Gasteiger partial charge in [0.15, 0.2) is 0 Å². The molecule has 0 amide bonds. The number of imidazole rings is 1. The molecule has 0 saturated carbocycles. The predicted molar refractivity (Wildman–Crippen MR) is 140 cm³/mol. The van der Waals surface area contributed by atoms with Gasteiger partial charge in [-0.25, -0.2) is 4.79 Å². The summed E-state index contributed by atoms with van der Waals surface area (Å²) in [6.07, 6.45) is 5.92. The highest BCUT2D eigenvalue weighted by Crippen LogP contribution is 2.41. The Morgan fingerprint density at radius 3 is 2.81 bits per heavy atom. The average Bonchev–Trinajstić information content (AvgIpc) is 3.17. The van der Waals surface area contributed by atoms with Gasteiger partial charge in [0.1, 0.15) is 18.1 Å². The molecule has 4 heterocycles. The highest BCUT2D eigenvalue weighted by molar-refractivity contribution is 5.75. The molecule has 1 saturated heterocycles. The van der Waals surface area contributed by atoms with Crippen LogP contribution < -0.4 is 15.2 Å². The van der Waals surface area contributed by atoms with Crippen LogP contribution >= 0.6 is 0 Å². The molecule has 7 heteroatoms. The topological polar surface area (TPSA) is 72.4 Å². The molecule has 36 heavy (non-hydrogen) atoms. The van der Waals surface area contributed by atoms with Crippen LogP contribution in [-0.4, -0.2) is 46.2 Å². The number of fused-ring (bicyclic) bond motifs is 3. The largest absolute Gasteiger partial charge is 0.497 e. The lowest BCUT2D eigenvalue weighted by molar-refractivity contribution is 0.183. The molecule has 2 aliphatic heterocycles. The van der Waals surface area contributed by atoms with Gasteiger partial charge < -0.3 is 19.4 Å². The van der Waals surface area contributed by atoms with E-state index in [0.717, 1.165) is 73.5 Å². The molecule has 4 aromatic rings. The van der Waals surface area contributed by atoms with Crippen LogP contribution in [0.2, 0.25) is 0 Å². The number of nitrogens with zero attached hydrogens (tertiary/aromatic N) is 3. The number of ether oxygens (including phenoxy) is 2. The van der Waals surface area contributed by atoms with E-state index in [1.807, 2.05) is 53.2 Å². The Bertz CT molecular complexity index is 1420. The molecule has 7 nitrogen and oxygen atoms in total. The van der Waals surface area contributed by atoms with E-state index in [-0.39, 0.29) is 17.6 Å². The Hall–Kier alpha value is -3.58. The van der Waals surface area contributed by atoms with Crippen LogP contribution in [0, 0.1) is 0 Å². The molecule has 186 valence electrons. The Labute approximate surface area is 210 Å². The number of nitrogens with one attached hydrogen (secondary N) is 1. The van der Waals surface area contributed by atoms with Crippen molar-refractivity contribution in [3.05, 3.63) is 88.1 Å². The minimum atomic E-state index is 0.00611. The number of piperidine rings is 1. The van der Waals surface area contributed by atoms with E-state index in [1.165, 1.54) is 11.1 Å². The maximum Gasteiger partial charge on any atom is 0.326 e. The van der Waals surface area contributed by atoms with Crippen molar-refractivity contribution in [1.82, 2.24) is 19.4 Å². The van der Waals surface area contributed by atoms with Crippen LogP contribution in [0.15, 0.2) is 65.6 Å². The minimum absolute atomic E-state index is 0.00611. The minimum Gasteiger partial charge on any atom is -0.497 e. The molecule has 6 rings (SSSR count).